The fourth-order valence-corrected chi connectivity index (χ4v) is 4.07. The van der Waals surface area contributed by atoms with E-state index in [1.807, 2.05) is 12.1 Å². The van der Waals surface area contributed by atoms with Crippen LogP contribution in [0.5, 0.6) is 0 Å². The van der Waals surface area contributed by atoms with Gasteiger partial charge in [-0.2, -0.15) is 0 Å². The smallest absolute Gasteiger partial charge is 0.263 e. The van der Waals surface area contributed by atoms with E-state index in [0.717, 1.165) is 10.9 Å². The summed E-state index contributed by atoms with van der Waals surface area (Å²) < 4.78 is 27.9. The first-order valence-electron chi connectivity index (χ1n) is 6.18. The monoisotopic (exact) mass is 362 g/mol. The molecule has 106 valence electrons. The molecule has 0 saturated carbocycles. The van der Waals surface area contributed by atoms with Gasteiger partial charge in [0.1, 0.15) is 4.90 Å². The van der Waals surface area contributed by atoms with Crippen LogP contribution in [0.2, 0.25) is 0 Å². The number of nitrogens with one attached hydrogen (secondary N) is 1. The van der Waals surface area contributed by atoms with Crippen molar-refractivity contribution >= 4 is 42.5 Å². The van der Waals surface area contributed by atoms with Crippen molar-refractivity contribution in [2.45, 2.75) is 4.90 Å². The number of pyridine rings is 1. The average Bonchev–Trinajstić information content (AvgIpc) is 2.47. The van der Waals surface area contributed by atoms with Gasteiger partial charge in [0.25, 0.3) is 10.0 Å². The quantitative estimate of drug-likeness (QED) is 0.770. The van der Waals surface area contributed by atoms with Crippen molar-refractivity contribution in [3.63, 3.8) is 0 Å². The highest BCUT2D eigenvalue weighted by molar-refractivity contribution is 9.10. The predicted octanol–water partition coefficient (Wildman–Crippen LogP) is 3.80. The van der Waals surface area contributed by atoms with Gasteiger partial charge in [-0.05, 0) is 52.3 Å². The first kappa shape index (κ1) is 14.0. The molecule has 4 nitrogen and oxygen atoms in total. The second-order valence-electron chi connectivity index (χ2n) is 4.45. The number of benzene rings is 2. The van der Waals surface area contributed by atoms with Gasteiger partial charge < -0.3 is 0 Å². The van der Waals surface area contributed by atoms with Gasteiger partial charge in [-0.25, -0.2) is 8.42 Å². The highest BCUT2D eigenvalue weighted by Gasteiger charge is 2.17. The zero-order valence-electron chi connectivity index (χ0n) is 10.8. The Morgan fingerprint density at radius 1 is 1.00 bits per heavy atom. The fourth-order valence-electron chi connectivity index (χ4n) is 2.01. The van der Waals surface area contributed by atoms with Crippen molar-refractivity contribution in [3.8, 4) is 0 Å². The molecule has 0 saturated heterocycles. The molecule has 0 aliphatic carbocycles. The van der Waals surface area contributed by atoms with Crippen molar-refractivity contribution < 1.29 is 8.42 Å². The molecule has 6 heteroatoms. The molecule has 0 atom stereocenters. The van der Waals surface area contributed by atoms with Crippen LogP contribution in [0, 0.1) is 0 Å². The summed E-state index contributed by atoms with van der Waals surface area (Å²) in [7, 11) is -3.63. The molecular weight excluding hydrogens is 352 g/mol. The Morgan fingerprint density at radius 3 is 2.62 bits per heavy atom. The number of aromatic nitrogens is 1. The van der Waals surface area contributed by atoms with Crippen LogP contribution in [0.3, 0.4) is 0 Å². The summed E-state index contributed by atoms with van der Waals surface area (Å²) >= 11 is 3.26. The van der Waals surface area contributed by atoms with E-state index in [9.17, 15) is 8.42 Å². The van der Waals surface area contributed by atoms with Crippen LogP contribution in [0.1, 0.15) is 0 Å². The maximum Gasteiger partial charge on any atom is 0.263 e. The zero-order chi connectivity index (χ0) is 14.9. The molecule has 0 radical (unpaired) electrons. The van der Waals surface area contributed by atoms with E-state index < -0.39 is 10.0 Å². The summed E-state index contributed by atoms with van der Waals surface area (Å²) in [5.74, 6) is 0. The normalized spacial score (nSPS) is 11.5. The predicted molar refractivity (Wildman–Crippen MR) is 86.7 cm³/mol. The molecule has 3 rings (SSSR count). The van der Waals surface area contributed by atoms with Gasteiger partial charge in [0.05, 0.1) is 5.52 Å². The van der Waals surface area contributed by atoms with Crippen molar-refractivity contribution in [1.82, 2.24) is 4.98 Å². The van der Waals surface area contributed by atoms with Crippen LogP contribution in [-0.2, 0) is 10.0 Å². The molecule has 0 amide bonds. The van der Waals surface area contributed by atoms with E-state index in [0.29, 0.717) is 10.2 Å². The van der Waals surface area contributed by atoms with Crippen LogP contribution in [-0.4, -0.2) is 13.4 Å². The second-order valence-corrected chi connectivity index (χ2v) is 6.95. The summed E-state index contributed by atoms with van der Waals surface area (Å²) in [6, 6.07) is 15.6. The number of fused-ring (bicyclic) bond motifs is 1. The van der Waals surface area contributed by atoms with Crippen molar-refractivity contribution in [3.05, 3.63) is 65.3 Å². The minimum atomic E-state index is -3.63. The lowest BCUT2D eigenvalue weighted by atomic mass is 10.2. The van der Waals surface area contributed by atoms with Gasteiger partial charge in [0.15, 0.2) is 0 Å². The van der Waals surface area contributed by atoms with Crippen molar-refractivity contribution in [2.75, 3.05) is 4.72 Å². The maximum absolute atomic E-state index is 12.4. The Hall–Kier alpha value is -1.92. The van der Waals surface area contributed by atoms with Crippen LogP contribution in [0.25, 0.3) is 10.9 Å². The van der Waals surface area contributed by atoms with Crippen LogP contribution >= 0.6 is 15.9 Å². The standard InChI is InChI=1S/C15H11BrN2O2S/c16-13-5-1-2-6-15(13)21(19,20)18-12-7-8-14-11(10-12)4-3-9-17-14/h1-10,18H. The third kappa shape index (κ3) is 2.91. The first-order valence-corrected chi connectivity index (χ1v) is 8.46. The highest BCUT2D eigenvalue weighted by atomic mass is 79.9. The summed E-state index contributed by atoms with van der Waals surface area (Å²) in [6.07, 6.45) is 1.70. The molecule has 0 bridgehead atoms. The Bertz CT molecular complexity index is 910. The van der Waals surface area contributed by atoms with E-state index >= 15 is 0 Å². The van der Waals surface area contributed by atoms with Gasteiger partial charge in [-0.15, -0.1) is 0 Å². The molecule has 1 aromatic heterocycles. The van der Waals surface area contributed by atoms with Crippen molar-refractivity contribution in [1.29, 1.82) is 0 Å². The fraction of sp³-hybridized carbons (Fsp3) is 0. The van der Waals surface area contributed by atoms with E-state index in [2.05, 4.69) is 25.6 Å². The number of rotatable bonds is 3. The molecule has 0 aliphatic heterocycles. The number of hydrogen-bond donors (Lipinski definition) is 1. The van der Waals surface area contributed by atoms with Crippen LogP contribution in [0.4, 0.5) is 5.69 Å². The maximum atomic E-state index is 12.4. The average molecular weight is 363 g/mol. The van der Waals surface area contributed by atoms with E-state index in [4.69, 9.17) is 0 Å². The van der Waals surface area contributed by atoms with E-state index in [-0.39, 0.29) is 4.90 Å². The van der Waals surface area contributed by atoms with Gasteiger partial charge in [0.2, 0.25) is 0 Å². The van der Waals surface area contributed by atoms with Crippen LogP contribution in [0.15, 0.2) is 70.2 Å². The lowest BCUT2D eigenvalue weighted by Gasteiger charge is -2.10. The molecule has 0 unspecified atom stereocenters. The summed E-state index contributed by atoms with van der Waals surface area (Å²) in [6.45, 7) is 0. The van der Waals surface area contributed by atoms with Gasteiger partial charge in [-0.1, -0.05) is 18.2 Å². The molecule has 0 aliphatic rings. The molecule has 21 heavy (non-hydrogen) atoms. The molecule has 1 N–H and O–H groups in total. The summed E-state index contributed by atoms with van der Waals surface area (Å²) in [4.78, 5) is 4.41. The van der Waals surface area contributed by atoms with Gasteiger partial charge >= 0.3 is 0 Å². The molecule has 0 spiro atoms. The number of nitrogens with zero attached hydrogens (tertiary/aromatic N) is 1. The number of sulfonamides is 1. The molecular formula is C15H11BrN2O2S. The topological polar surface area (TPSA) is 59.1 Å². The zero-order valence-corrected chi connectivity index (χ0v) is 13.2. The number of anilines is 1. The lowest BCUT2D eigenvalue weighted by molar-refractivity contribution is 0.601. The molecule has 1 heterocycles. The SMILES string of the molecule is O=S(=O)(Nc1ccc2ncccc2c1)c1ccccc1Br. The van der Waals surface area contributed by atoms with Crippen LogP contribution < -0.4 is 4.72 Å². The molecule has 2 aromatic carbocycles. The summed E-state index contributed by atoms with van der Waals surface area (Å²) in [5, 5.41) is 0.879. The van der Waals surface area contributed by atoms with E-state index in [1.54, 1.807) is 48.7 Å². The Balaban J connectivity index is 1.99. The highest BCUT2D eigenvalue weighted by Crippen LogP contribution is 2.25. The van der Waals surface area contributed by atoms with Gasteiger partial charge in [0, 0.05) is 21.7 Å². The Kier molecular flexibility index (Phi) is 3.65. The number of halogens is 1. The lowest BCUT2D eigenvalue weighted by Crippen LogP contribution is -2.13. The van der Waals surface area contributed by atoms with Crippen molar-refractivity contribution in [2.24, 2.45) is 0 Å². The Labute approximate surface area is 131 Å². The molecule has 0 fully saturated rings. The second kappa shape index (κ2) is 5.46. The number of hydrogen-bond acceptors (Lipinski definition) is 3. The van der Waals surface area contributed by atoms with Gasteiger partial charge in [-0.3, -0.25) is 9.71 Å². The third-order valence-corrected chi connectivity index (χ3v) is 5.37. The molecule has 3 aromatic rings. The largest absolute Gasteiger partial charge is 0.280 e. The van der Waals surface area contributed by atoms with E-state index in [1.165, 1.54) is 0 Å². The minimum absolute atomic E-state index is 0.205. The summed E-state index contributed by atoms with van der Waals surface area (Å²) in [5.41, 5.74) is 1.33. The minimum Gasteiger partial charge on any atom is -0.280 e. The first-order chi connectivity index (χ1) is 10.1. The third-order valence-electron chi connectivity index (χ3n) is 2.98. The Morgan fingerprint density at radius 2 is 1.81 bits per heavy atom.